The van der Waals surface area contributed by atoms with Crippen molar-refractivity contribution in [2.45, 2.75) is 45.1 Å². The smallest absolute Gasteiger partial charge is 0.487 e. The second kappa shape index (κ2) is 6.56. The Bertz CT molecular complexity index is 468. The Labute approximate surface area is 122 Å². The Morgan fingerprint density at radius 2 is 1.81 bits per heavy atom. The van der Waals surface area contributed by atoms with Crippen molar-refractivity contribution < 1.29 is 22.6 Å². The molecular formula is C15H20F3NO2. The number of rotatable bonds is 4. The van der Waals surface area contributed by atoms with Gasteiger partial charge in [0.15, 0.2) is 11.5 Å². The van der Waals surface area contributed by atoms with E-state index in [0.717, 1.165) is 31.5 Å². The highest BCUT2D eigenvalue weighted by Crippen LogP contribution is 2.37. The van der Waals surface area contributed by atoms with E-state index in [1.807, 2.05) is 0 Å². The molecule has 1 aromatic carbocycles. The molecule has 0 atom stereocenters. The van der Waals surface area contributed by atoms with Gasteiger partial charge in [0.2, 0.25) is 0 Å². The van der Waals surface area contributed by atoms with E-state index >= 15 is 0 Å². The van der Waals surface area contributed by atoms with Crippen LogP contribution < -0.4 is 14.8 Å². The lowest BCUT2D eigenvalue weighted by Crippen LogP contribution is -2.26. The van der Waals surface area contributed by atoms with Crippen LogP contribution in [0.4, 0.5) is 13.2 Å². The lowest BCUT2D eigenvalue weighted by atomic mass is 9.90. The maximum Gasteiger partial charge on any atom is 0.573 e. The molecule has 21 heavy (non-hydrogen) atoms. The number of benzene rings is 1. The number of piperidine rings is 1. The van der Waals surface area contributed by atoms with Crippen molar-refractivity contribution in [3.63, 3.8) is 0 Å². The molecule has 1 N–H and O–H groups in total. The highest BCUT2D eigenvalue weighted by atomic mass is 19.4. The Morgan fingerprint density at radius 1 is 1.14 bits per heavy atom. The standard InChI is InChI=1S/C15H20F3NO2/c1-10(2)20-14-9-12(11-5-7-19-8-6-11)3-4-13(14)21-15(16,17)18/h3-4,9-11,19H,5-8H2,1-2H3. The molecule has 1 saturated heterocycles. The molecule has 1 aromatic rings. The molecule has 0 saturated carbocycles. The van der Waals surface area contributed by atoms with Crippen LogP contribution in [-0.4, -0.2) is 25.6 Å². The van der Waals surface area contributed by atoms with Gasteiger partial charge in [-0.05, 0) is 63.4 Å². The molecule has 1 heterocycles. The lowest BCUT2D eigenvalue weighted by molar-refractivity contribution is -0.275. The van der Waals surface area contributed by atoms with Gasteiger partial charge >= 0.3 is 6.36 Å². The fourth-order valence-corrected chi connectivity index (χ4v) is 2.49. The topological polar surface area (TPSA) is 30.5 Å². The molecule has 1 fully saturated rings. The molecule has 1 aliphatic rings. The van der Waals surface area contributed by atoms with Crippen molar-refractivity contribution in [2.75, 3.05) is 13.1 Å². The average Bonchev–Trinajstić information content (AvgIpc) is 2.39. The molecule has 0 unspecified atom stereocenters. The summed E-state index contributed by atoms with van der Waals surface area (Å²) in [6.07, 6.45) is -2.99. The number of hydrogen-bond acceptors (Lipinski definition) is 3. The Hall–Kier alpha value is -1.43. The number of halogens is 3. The first-order valence-corrected chi connectivity index (χ1v) is 7.12. The van der Waals surface area contributed by atoms with Crippen LogP contribution in [0.3, 0.4) is 0 Å². The summed E-state index contributed by atoms with van der Waals surface area (Å²) in [4.78, 5) is 0. The van der Waals surface area contributed by atoms with Gasteiger partial charge < -0.3 is 14.8 Å². The van der Waals surface area contributed by atoms with Gasteiger partial charge in [0.05, 0.1) is 6.10 Å². The maximum absolute atomic E-state index is 12.4. The Kier molecular flexibility index (Phi) is 4.98. The zero-order valence-electron chi connectivity index (χ0n) is 12.2. The van der Waals surface area contributed by atoms with Crippen LogP contribution in [0.15, 0.2) is 18.2 Å². The second-order valence-electron chi connectivity index (χ2n) is 5.44. The number of ether oxygens (including phenoxy) is 2. The summed E-state index contributed by atoms with van der Waals surface area (Å²) in [5, 5.41) is 3.27. The number of nitrogens with one attached hydrogen (secondary N) is 1. The van der Waals surface area contributed by atoms with E-state index in [-0.39, 0.29) is 17.6 Å². The lowest BCUT2D eigenvalue weighted by Gasteiger charge is -2.24. The highest BCUT2D eigenvalue weighted by molar-refractivity contribution is 5.44. The minimum absolute atomic E-state index is 0.151. The van der Waals surface area contributed by atoms with E-state index in [0.29, 0.717) is 5.92 Å². The van der Waals surface area contributed by atoms with Gasteiger partial charge in [-0.2, -0.15) is 0 Å². The first kappa shape index (κ1) is 15.9. The fourth-order valence-electron chi connectivity index (χ4n) is 2.49. The molecular weight excluding hydrogens is 283 g/mol. The maximum atomic E-state index is 12.4. The molecule has 3 nitrogen and oxygen atoms in total. The summed E-state index contributed by atoms with van der Waals surface area (Å²) >= 11 is 0. The molecule has 0 aliphatic carbocycles. The molecule has 118 valence electrons. The molecule has 0 bridgehead atoms. The predicted molar refractivity (Wildman–Crippen MR) is 73.7 cm³/mol. The van der Waals surface area contributed by atoms with Crippen LogP contribution in [0.5, 0.6) is 11.5 Å². The van der Waals surface area contributed by atoms with E-state index in [1.165, 1.54) is 6.07 Å². The Balaban J connectivity index is 2.25. The SMILES string of the molecule is CC(C)Oc1cc(C2CCNCC2)ccc1OC(F)(F)F. The molecule has 6 heteroatoms. The average molecular weight is 303 g/mol. The van der Waals surface area contributed by atoms with Crippen LogP contribution in [0.25, 0.3) is 0 Å². The van der Waals surface area contributed by atoms with Gasteiger partial charge in [0.1, 0.15) is 0 Å². The van der Waals surface area contributed by atoms with Crippen molar-refractivity contribution in [2.24, 2.45) is 0 Å². The summed E-state index contributed by atoms with van der Waals surface area (Å²) in [5.41, 5.74) is 1.00. The van der Waals surface area contributed by atoms with Gasteiger partial charge in [-0.15, -0.1) is 13.2 Å². The van der Waals surface area contributed by atoms with Crippen molar-refractivity contribution >= 4 is 0 Å². The molecule has 0 amide bonds. The predicted octanol–water partition coefficient (Wildman–Crippen LogP) is 3.84. The van der Waals surface area contributed by atoms with Gasteiger partial charge in [-0.3, -0.25) is 0 Å². The van der Waals surface area contributed by atoms with Gasteiger partial charge in [-0.25, -0.2) is 0 Å². The monoisotopic (exact) mass is 303 g/mol. The largest absolute Gasteiger partial charge is 0.573 e. The zero-order chi connectivity index (χ0) is 15.5. The highest BCUT2D eigenvalue weighted by Gasteiger charge is 2.33. The summed E-state index contributed by atoms with van der Waals surface area (Å²) in [5.74, 6) is 0.216. The minimum Gasteiger partial charge on any atom is -0.487 e. The molecule has 0 radical (unpaired) electrons. The first-order chi connectivity index (χ1) is 9.85. The fraction of sp³-hybridized carbons (Fsp3) is 0.600. The van der Waals surface area contributed by atoms with E-state index < -0.39 is 6.36 Å². The van der Waals surface area contributed by atoms with Gasteiger partial charge in [-0.1, -0.05) is 6.07 Å². The molecule has 0 aromatic heterocycles. The molecule has 1 aliphatic heterocycles. The van der Waals surface area contributed by atoms with E-state index in [2.05, 4.69) is 10.1 Å². The Morgan fingerprint density at radius 3 is 2.38 bits per heavy atom. The van der Waals surface area contributed by atoms with Crippen molar-refractivity contribution in [3.8, 4) is 11.5 Å². The summed E-state index contributed by atoms with van der Waals surface area (Å²) in [6, 6.07) is 4.73. The van der Waals surface area contributed by atoms with E-state index in [1.54, 1.807) is 26.0 Å². The third-order valence-electron chi connectivity index (χ3n) is 3.37. The number of alkyl halides is 3. The summed E-state index contributed by atoms with van der Waals surface area (Å²) in [6.45, 7) is 5.39. The quantitative estimate of drug-likeness (QED) is 0.916. The number of hydrogen-bond donors (Lipinski definition) is 1. The van der Waals surface area contributed by atoms with Crippen LogP contribution in [0, 0.1) is 0 Å². The van der Waals surface area contributed by atoms with Gasteiger partial charge in [0, 0.05) is 0 Å². The van der Waals surface area contributed by atoms with Gasteiger partial charge in [0.25, 0.3) is 0 Å². The zero-order valence-corrected chi connectivity index (χ0v) is 12.2. The van der Waals surface area contributed by atoms with Crippen molar-refractivity contribution in [1.82, 2.24) is 5.32 Å². The summed E-state index contributed by atoms with van der Waals surface area (Å²) in [7, 11) is 0. The van der Waals surface area contributed by atoms with E-state index in [9.17, 15) is 13.2 Å². The third kappa shape index (κ3) is 4.81. The van der Waals surface area contributed by atoms with Crippen LogP contribution in [-0.2, 0) is 0 Å². The van der Waals surface area contributed by atoms with E-state index in [4.69, 9.17) is 4.74 Å². The molecule has 2 rings (SSSR count). The van der Waals surface area contributed by atoms with Crippen LogP contribution in [0.1, 0.15) is 38.2 Å². The second-order valence-corrected chi connectivity index (χ2v) is 5.44. The first-order valence-electron chi connectivity index (χ1n) is 7.12. The van der Waals surface area contributed by atoms with Crippen molar-refractivity contribution in [1.29, 1.82) is 0 Å². The minimum atomic E-state index is -4.72. The normalized spacial score (nSPS) is 17.0. The van der Waals surface area contributed by atoms with Crippen LogP contribution >= 0.6 is 0 Å². The third-order valence-corrected chi connectivity index (χ3v) is 3.37. The molecule has 0 spiro atoms. The van der Waals surface area contributed by atoms with Crippen molar-refractivity contribution in [3.05, 3.63) is 23.8 Å². The summed E-state index contributed by atoms with van der Waals surface area (Å²) < 4.78 is 46.8. The van der Waals surface area contributed by atoms with Crippen LogP contribution in [0.2, 0.25) is 0 Å².